The first-order valence-corrected chi connectivity index (χ1v) is 9.69. The molecule has 4 aromatic rings. The van der Waals surface area contributed by atoms with Crippen molar-refractivity contribution >= 4 is 0 Å². The number of hydrogen-bond acceptors (Lipinski definition) is 4. The van der Waals surface area contributed by atoms with Crippen molar-refractivity contribution in [1.82, 2.24) is 18.9 Å². The fourth-order valence-corrected chi connectivity index (χ4v) is 3.68. The van der Waals surface area contributed by atoms with E-state index in [9.17, 15) is 22.8 Å². The smallest absolute Gasteiger partial charge is 0.268 e. The summed E-state index contributed by atoms with van der Waals surface area (Å²) in [5.74, 6) is 0. The van der Waals surface area contributed by atoms with Gasteiger partial charge in [-0.25, -0.2) is 9.48 Å². The molecule has 166 valence electrons. The zero-order chi connectivity index (χ0) is 23.9. The summed E-state index contributed by atoms with van der Waals surface area (Å²) in [5, 5.41) is 13.2. The normalized spacial score (nSPS) is 11.4. The molecule has 0 saturated heterocycles. The molecule has 2 aromatic carbocycles. The summed E-state index contributed by atoms with van der Waals surface area (Å²) in [6.07, 6.45) is -3.27. The molecule has 0 amide bonds. The summed E-state index contributed by atoms with van der Waals surface area (Å²) < 4.78 is 44.1. The molecule has 2 aromatic heterocycles. The van der Waals surface area contributed by atoms with Crippen LogP contribution in [0.4, 0.5) is 13.2 Å². The van der Waals surface area contributed by atoms with Gasteiger partial charge in [0, 0.05) is 12.7 Å². The van der Waals surface area contributed by atoms with Crippen molar-refractivity contribution in [3.63, 3.8) is 0 Å². The van der Waals surface area contributed by atoms with Crippen LogP contribution in [0.15, 0.2) is 70.4 Å². The quantitative estimate of drug-likeness (QED) is 0.477. The van der Waals surface area contributed by atoms with Crippen molar-refractivity contribution in [2.75, 3.05) is 0 Å². The number of para-hydroxylation sites is 1. The fourth-order valence-electron chi connectivity index (χ4n) is 3.68. The second-order valence-corrected chi connectivity index (χ2v) is 7.24. The van der Waals surface area contributed by atoms with E-state index in [1.54, 1.807) is 24.3 Å². The zero-order valence-corrected chi connectivity index (χ0v) is 17.5. The fraction of sp³-hybridized carbons (Fsp3) is 0.130. The van der Waals surface area contributed by atoms with Gasteiger partial charge in [0.05, 0.1) is 46.0 Å². The van der Waals surface area contributed by atoms with E-state index in [-0.39, 0.29) is 22.6 Å². The van der Waals surface area contributed by atoms with Crippen LogP contribution >= 0.6 is 0 Å². The van der Waals surface area contributed by atoms with Gasteiger partial charge in [-0.1, -0.05) is 12.1 Å². The Morgan fingerprint density at radius 3 is 2.30 bits per heavy atom. The van der Waals surface area contributed by atoms with Gasteiger partial charge >= 0.3 is 11.9 Å². The zero-order valence-electron chi connectivity index (χ0n) is 17.5. The first-order chi connectivity index (χ1) is 15.6. The van der Waals surface area contributed by atoms with Crippen LogP contribution in [0.3, 0.4) is 0 Å². The van der Waals surface area contributed by atoms with Crippen LogP contribution in [0.1, 0.15) is 16.8 Å². The molecule has 7 nitrogen and oxygen atoms in total. The van der Waals surface area contributed by atoms with Crippen molar-refractivity contribution < 1.29 is 13.2 Å². The van der Waals surface area contributed by atoms with E-state index in [4.69, 9.17) is 5.26 Å². The van der Waals surface area contributed by atoms with E-state index in [1.807, 2.05) is 6.07 Å². The van der Waals surface area contributed by atoms with Crippen LogP contribution < -0.4 is 11.2 Å². The van der Waals surface area contributed by atoms with E-state index in [1.165, 1.54) is 49.1 Å². The minimum Gasteiger partial charge on any atom is -0.268 e. The molecular weight excluding hydrogens is 435 g/mol. The van der Waals surface area contributed by atoms with Crippen molar-refractivity contribution in [3.05, 3.63) is 98.5 Å². The lowest BCUT2D eigenvalue weighted by atomic mass is 10.1. The maximum Gasteiger partial charge on any atom is 0.418 e. The number of nitriles is 1. The Kier molecular flexibility index (Phi) is 5.25. The van der Waals surface area contributed by atoms with Gasteiger partial charge in [0.25, 0.3) is 5.56 Å². The topological polar surface area (TPSA) is 85.6 Å². The van der Waals surface area contributed by atoms with Crippen molar-refractivity contribution in [2.45, 2.75) is 13.1 Å². The molecule has 0 spiro atoms. The van der Waals surface area contributed by atoms with E-state index in [0.717, 1.165) is 15.2 Å². The standard InChI is InChI=1S/C23H16F3N5O2/c1-14-20(19-11-12-28-31(19)16-9-7-15(13-27)8-10-16)21(32)29(2)22(33)30(14)18-6-4-3-5-17(18)23(24,25)26/h3-12H,1-2H3. The summed E-state index contributed by atoms with van der Waals surface area (Å²) >= 11 is 0. The third-order valence-electron chi connectivity index (χ3n) is 5.28. The highest BCUT2D eigenvalue weighted by Crippen LogP contribution is 2.34. The third kappa shape index (κ3) is 3.63. The van der Waals surface area contributed by atoms with Gasteiger partial charge in [0.2, 0.25) is 0 Å². The molecule has 0 aliphatic rings. The number of rotatable bonds is 3. The summed E-state index contributed by atoms with van der Waals surface area (Å²) in [6.45, 7) is 1.42. The molecule has 0 aliphatic heterocycles. The monoisotopic (exact) mass is 451 g/mol. The average molecular weight is 451 g/mol. The predicted octanol–water partition coefficient (Wildman–Crippen LogP) is 3.59. The highest BCUT2D eigenvalue weighted by atomic mass is 19.4. The van der Waals surface area contributed by atoms with Crippen molar-refractivity contribution in [1.29, 1.82) is 5.26 Å². The molecule has 0 bridgehead atoms. The van der Waals surface area contributed by atoms with Crippen LogP contribution in [0.5, 0.6) is 0 Å². The first-order valence-electron chi connectivity index (χ1n) is 9.69. The van der Waals surface area contributed by atoms with Gasteiger partial charge in [-0.05, 0) is 49.4 Å². The Labute approximate surface area is 185 Å². The number of alkyl halides is 3. The molecule has 10 heteroatoms. The van der Waals surface area contributed by atoms with Crippen LogP contribution in [-0.4, -0.2) is 18.9 Å². The van der Waals surface area contributed by atoms with Crippen molar-refractivity contribution in [2.24, 2.45) is 7.05 Å². The highest BCUT2D eigenvalue weighted by Gasteiger charge is 2.35. The predicted molar refractivity (Wildman–Crippen MR) is 114 cm³/mol. The lowest BCUT2D eigenvalue weighted by molar-refractivity contribution is -0.137. The Morgan fingerprint density at radius 1 is 1.00 bits per heavy atom. The number of nitrogens with zero attached hydrogens (tertiary/aromatic N) is 5. The molecule has 0 N–H and O–H groups in total. The summed E-state index contributed by atoms with van der Waals surface area (Å²) in [7, 11) is 1.21. The van der Waals surface area contributed by atoms with Crippen LogP contribution in [-0.2, 0) is 13.2 Å². The molecule has 4 rings (SSSR count). The van der Waals surface area contributed by atoms with Crippen LogP contribution in [0.25, 0.3) is 22.6 Å². The SMILES string of the molecule is Cc1c(-c2ccnn2-c2ccc(C#N)cc2)c(=O)n(C)c(=O)n1-c1ccccc1C(F)(F)F. The minimum absolute atomic E-state index is 0.0240. The Bertz CT molecular complexity index is 1520. The highest BCUT2D eigenvalue weighted by molar-refractivity contribution is 5.65. The average Bonchev–Trinajstić information content (AvgIpc) is 3.27. The van der Waals surface area contributed by atoms with Crippen LogP contribution in [0.2, 0.25) is 0 Å². The molecule has 0 fully saturated rings. The minimum atomic E-state index is -4.71. The summed E-state index contributed by atoms with van der Waals surface area (Å²) in [4.78, 5) is 26.0. The molecule has 2 heterocycles. The molecule has 0 saturated carbocycles. The molecule has 0 radical (unpaired) electrons. The second kappa shape index (κ2) is 7.94. The van der Waals surface area contributed by atoms with Gasteiger partial charge in [0.15, 0.2) is 0 Å². The molecule has 0 aliphatic carbocycles. The number of hydrogen-bond donors (Lipinski definition) is 0. The van der Waals surface area contributed by atoms with Gasteiger partial charge < -0.3 is 0 Å². The van der Waals surface area contributed by atoms with Gasteiger partial charge in [-0.3, -0.25) is 13.9 Å². The Hall–Kier alpha value is -4.39. The maximum atomic E-state index is 13.7. The van der Waals surface area contributed by atoms with E-state index in [0.29, 0.717) is 11.3 Å². The second-order valence-electron chi connectivity index (χ2n) is 7.24. The molecule has 0 atom stereocenters. The maximum absolute atomic E-state index is 13.7. The summed E-state index contributed by atoms with van der Waals surface area (Å²) in [6, 6.07) is 14.6. The number of halogens is 3. The Balaban J connectivity index is 2.03. The van der Waals surface area contributed by atoms with Gasteiger partial charge in [-0.2, -0.15) is 23.5 Å². The summed E-state index contributed by atoms with van der Waals surface area (Å²) in [5.41, 5.74) is -1.65. The van der Waals surface area contributed by atoms with Crippen LogP contribution in [0, 0.1) is 18.3 Å². The molecular formula is C23H16F3N5O2. The first kappa shape index (κ1) is 21.8. The van der Waals surface area contributed by atoms with E-state index < -0.39 is 23.0 Å². The largest absolute Gasteiger partial charge is 0.418 e. The Morgan fingerprint density at radius 2 is 1.67 bits per heavy atom. The third-order valence-corrected chi connectivity index (χ3v) is 5.28. The lowest BCUT2D eigenvalue weighted by Gasteiger charge is -2.19. The van der Waals surface area contributed by atoms with Gasteiger partial charge in [0.1, 0.15) is 0 Å². The van der Waals surface area contributed by atoms with Gasteiger partial charge in [-0.15, -0.1) is 0 Å². The van der Waals surface area contributed by atoms with E-state index >= 15 is 0 Å². The van der Waals surface area contributed by atoms with Crippen molar-refractivity contribution in [3.8, 4) is 28.7 Å². The number of aromatic nitrogens is 4. The van der Waals surface area contributed by atoms with E-state index in [2.05, 4.69) is 5.10 Å². The number of benzene rings is 2. The molecule has 0 unspecified atom stereocenters. The molecule has 33 heavy (non-hydrogen) atoms. The lowest BCUT2D eigenvalue weighted by Crippen LogP contribution is -2.40.